The average Bonchev–Trinajstić information content (AvgIpc) is 2.77. The highest BCUT2D eigenvalue weighted by Gasteiger charge is 2.12. The van der Waals surface area contributed by atoms with E-state index in [2.05, 4.69) is 41.7 Å². The number of carbonyl (C=O) groups excluding carboxylic acids is 1. The van der Waals surface area contributed by atoms with Gasteiger partial charge in [-0.15, -0.1) is 11.8 Å². The lowest BCUT2D eigenvalue weighted by Crippen LogP contribution is -2.23. The lowest BCUT2D eigenvalue weighted by atomic mass is 10.0. The van der Waals surface area contributed by atoms with E-state index in [1.807, 2.05) is 60.7 Å². The van der Waals surface area contributed by atoms with Crippen molar-refractivity contribution < 1.29 is 4.79 Å². The molecule has 0 aliphatic rings. The van der Waals surface area contributed by atoms with Crippen molar-refractivity contribution >= 4 is 28.4 Å². The van der Waals surface area contributed by atoms with Crippen LogP contribution in [0.2, 0.25) is 0 Å². The van der Waals surface area contributed by atoms with E-state index in [0.29, 0.717) is 6.54 Å². The van der Waals surface area contributed by atoms with Gasteiger partial charge >= 0.3 is 0 Å². The zero-order valence-electron chi connectivity index (χ0n) is 15.5. The summed E-state index contributed by atoms with van der Waals surface area (Å²) in [6.07, 6.45) is 0. The second-order valence-electron chi connectivity index (χ2n) is 6.59. The molecular weight excluding hydrogens is 362 g/mol. The summed E-state index contributed by atoms with van der Waals surface area (Å²) < 4.78 is 0. The third-order valence-corrected chi connectivity index (χ3v) is 5.83. The first kappa shape index (κ1) is 18.3. The smallest absolute Gasteiger partial charge is 0.252 e. The van der Waals surface area contributed by atoms with Crippen molar-refractivity contribution in [2.45, 2.75) is 17.2 Å². The number of hydrogen-bond acceptors (Lipinski definition) is 2. The number of amides is 1. The van der Waals surface area contributed by atoms with Crippen LogP contribution in [0.1, 0.15) is 21.5 Å². The lowest BCUT2D eigenvalue weighted by molar-refractivity contribution is 0.0948. The van der Waals surface area contributed by atoms with Crippen molar-refractivity contribution in [2.75, 3.05) is 0 Å². The van der Waals surface area contributed by atoms with Crippen LogP contribution in [0.4, 0.5) is 0 Å². The van der Waals surface area contributed by atoms with Gasteiger partial charge in [0.15, 0.2) is 0 Å². The molecule has 0 bridgehead atoms. The molecule has 28 heavy (non-hydrogen) atoms. The van der Waals surface area contributed by atoms with E-state index in [1.54, 1.807) is 11.8 Å². The third kappa shape index (κ3) is 4.26. The molecular formula is C25H21NOS. The van der Waals surface area contributed by atoms with E-state index >= 15 is 0 Å². The number of carbonyl (C=O) groups is 1. The molecule has 0 fully saturated rings. The van der Waals surface area contributed by atoms with Crippen molar-refractivity contribution in [3.63, 3.8) is 0 Å². The van der Waals surface area contributed by atoms with Gasteiger partial charge in [-0.25, -0.2) is 0 Å². The summed E-state index contributed by atoms with van der Waals surface area (Å²) >= 11 is 1.69. The van der Waals surface area contributed by atoms with Crippen molar-refractivity contribution in [3.8, 4) is 0 Å². The molecule has 0 aromatic heterocycles. The quantitative estimate of drug-likeness (QED) is 0.410. The van der Waals surface area contributed by atoms with Gasteiger partial charge in [-0.2, -0.15) is 0 Å². The Hall–Kier alpha value is -3.04. The number of fused-ring (bicyclic) bond motifs is 1. The van der Waals surface area contributed by atoms with Crippen LogP contribution in [0, 0.1) is 0 Å². The van der Waals surface area contributed by atoms with E-state index in [0.717, 1.165) is 21.8 Å². The molecule has 4 rings (SSSR count). The minimum atomic E-state index is -0.0379. The Morgan fingerprint density at radius 2 is 1.46 bits per heavy atom. The SMILES string of the molecule is O=C(NCc1cccc2ccccc12)c1ccccc1SCc1ccccc1. The van der Waals surface area contributed by atoms with E-state index in [4.69, 9.17) is 0 Å². The molecule has 0 radical (unpaired) electrons. The summed E-state index contributed by atoms with van der Waals surface area (Å²) in [6.45, 7) is 0.512. The minimum absolute atomic E-state index is 0.0379. The van der Waals surface area contributed by atoms with Crippen LogP contribution in [0.3, 0.4) is 0 Å². The number of benzene rings is 4. The van der Waals surface area contributed by atoms with Crippen LogP contribution in [-0.4, -0.2) is 5.91 Å². The summed E-state index contributed by atoms with van der Waals surface area (Å²) in [4.78, 5) is 13.9. The molecule has 4 aromatic rings. The second-order valence-corrected chi connectivity index (χ2v) is 7.61. The van der Waals surface area contributed by atoms with E-state index in [1.165, 1.54) is 16.3 Å². The Labute approximate surface area is 169 Å². The Balaban J connectivity index is 1.47. The van der Waals surface area contributed by atoms with Crippen molar-refractivity contribution in [1.82, 2.24) is 5.32 Å². The topological polar surface area (TPSA) is 29.1 Å². The third-order valence-electron chi connectivity index (χ3n) is 4.69. The van der Waals surface area contributed by atoms with Crippen molar-refractivity contribution in [2.24, 2.45) is 0 Å². The van der Waals surface area contributed by atoms with Gasteiger partial charge in [0.2, 0.25) is 0 Å². The summed E-state index contributed by atoms with van der Waals surface area (Å²) in [5, 5.41) is 5.46. The fourth-order valence-corrected chi connectivity index (χ4v) is 4.24. The highest BCUT2D eigenvalue weighted by atomic mass is 32.2. The molecule has 0 heterocycles. The summed E-state index contributed by atoms with van der Waals surface area (Å²) in [7, 11) is 0. The first-order valence-electron chi connectivity index (χ1n) is 9.32. The van der Waals surface area contributed by atoms with E-state index in [9.17, 15) is 4.79 Å². The zero-order chi connectivity index (χ0) is 19.2. The number of rotatable bonds is 6. The van der Waals surface area contributed by atoms with Crippen LogP contribution >= 0.6 is 11.8 Å². The van der Waals surface area contributed by atoms with Crippen LogP contribution < -0.4 is 5.32 Å². The van der Waals surface area contributed by atoms with Gasteiger partial charge in [0.1, 0.15) is 0 Å². The Bertz CT molecular complexity index is 1090. The van der Waals surface area contributed by atoms with Gasteiger partial charge in [0.25, 0.3) is 5.91 Å². The monoisotopic (exact) mass is 383 g/mol. The minimum Gasteiger partial charge on any atom is -0.348 e. The zero-order valence-corrected chi connectivity index (χ0v) is 16.3. The molecule has 0 aliphatic heterocycles. The maximum Gasteiger partial charge on any atom is 0.252 e. The number of hydrogen-bond donors (Lipinski definition) is 1. The van der Waals surface area contributed by atoms with Gasteiger partial charge in [0.05, 0.1) is 5.56 Å². The normalized spacial score (nSPS) is 10.7. The van der Waals surface area contributed by atoms with Gasteiger partial charge in [-0.1, -0.05) is 84.9 Å². The van der Waals surface area contributed by atoms with Gasteiger partial charge in [-0.3, -0.25) is 4.79 Å². The van der Waals surface area contributed by atoms with Crippen molar-refractivity contribution in [1.29, 1.82) is 0 Å². The maximum atomic E-state index is 12.9. The largest absolute Gasteiger partial charge is 0.348 e. The molecule has 1 N–H and O–H groups in total. The molecule has 2 nitrogen and oxygen atoms in total. The van der Waals surface area contributed by atoms with Gasteiger partial charge in [0, 0.05) is 17.2 Å². The average molecular weight is 384 g/mol. The Morgan fingerprint density at radius 3 is 2.36 bits per heavy atom. The predicted molar refractivity (Wildman–Crippen MR) is 118 cm³/mol. The van der Waals surface area contributed by atoms with Crippen LogP contribution in [0.15, 0.2) is 102 Å². The van der Waals surface area contributed by atoms with E-state index < -0.39 is 0 Å². The molecule has 0 saturated carbocycles. The first-order valence-corrected chi connectivity index (χ1v) is 10.3. The molecule has 0 unspecified atom stereocenters. The highest BCUT2D eigenvalue weighted by Crippen LogP contribution is 2.26. The van der Waals surface area contributed by atoms with Crippen LogP contribution in [0.5, 0.6) is 0 Å². The van der Waals surface area contributed by atoms with Crippen LogP contribution in [-0.2, 0) is 12.3 Å². The molecule has 0 saturated heterocycles. The predicted octanol–water partition coefficient (Wildman–Crippen LogP) is 6.06. The van der Waals surface area contributed by atoms with Crippen molar-refractivity contribution in [3.05, 3.63) is 114 Å². The fourth-order valence-electron chi connectivity index (χ4n) is 3.23. The van der Waals surface area contributed by atoms with E-state index in [-0.39, 0.29) is 5.91 Å². The summed E-state index contributed by atoms with van der Waals surface area (Å²) in [5.41, 5.74) is 3.10. The fraction of sp³-hybridized carbons (Fsp3) is 0.0800. The molecule has 4 aromatic carbocycles. The molecule has 0 atom stereocenters. The highest BCUT2D eigenvalue weighted by molar-refractivity contribution is 7.98. The summed E-state index contributed by atoms with van der Waals surface area (Å²) in [6, 6.07) is 32.6. The molecule has 3 heteroatoms. The standard InChI is InChI=1S/C25H21NOS/c27-25(26-17-21-13-8-12-20-11-4-5-14-22(20)21)23-15-6-7-16-24(23)28-18-19-9-2-1-3-10-19/h1-16H,17-18H2,(H,26,27). The number of nitrogens with one attached hydrogen (secondary N) is 1. The van der Waals surface area contributed by atoms with Gasteiger partial charge in [-0.05, 0) is 34.0 Å². The first-order chi connectivity index (χ1) is 13.8. The molecule has 0 spiro atoms. The Kier molecular flexibility index (Phi) is 5.74. The maximum absolute atomic E-state index is 12.9. The lowest BCUT2D eigenvalue weighted by Gasteiger charge is -2.11. The van der Waals surface area contributed by atoms with Gasteiger partial charge < -0.3 is 5.32 Å². The number of thioether (sulfide) groups is 1. The molecule has 138 valence electrons. The summed E-state index contributed by atoms with van der Waals surface area (Å²) in [5.74, 6) is 0.804. The molecule has 1 amide bonds. The van der Waals surface area contributed by atoms with Crippen LogP contribution in [0.25, 0.3) is 10.8 Å². The Morgan fingerprint density at radius 1 is 0.750 bits per heavy atom. The second kappa shape index (κ2) is 8.77. The molecule has 0 aliphatic carbocycles.